The van der Waals surface area contributed by atoms with E-state index in [0.29, 0.717) is 6.54 Å². The van der Waals surface area contributed by atoms with Crippen LogP contribution in [-0.2, 0) is 6.54 Å². The predicted octanol–water partition coefficient (Wildman–Crippen LogP) is 6.65. The Hall–Kier alpha value is -2.72. The zero-order valence-corrected chi connectivity index (χ0v) is 16.4. The largest absolute Gasteiger partial charge is 0.343 e. The van der Waals surface area contributed by atoms with E-state index in [-0.39, 0.29) is 5.82 Å². The lowest BCUT2D eigenvalue weighted by atomic mass is 10.1. The first-order valence-electron chi connectivity index (χ1n) is 8.72. The van der Waals surface area contributed by atoms with Crippen LogP contribution < -0.4 is 0 Å². The molecule has 0 N–H and O–H groups in total. The van der Waals surface area contributed by atoms with E-state index in [9.17, 15) is 4.39 Å². The highest BCUT2D eigenvalue weighted by Gasteiger charge is 2.04. The van der Waals surface area contributed by atoms with Gasteiger partial charge in [-0.25, -0.2) is 4.39 Å². The Morgan fingerprint density at radius 3 is 2.74 bits per heavy atom. The molecule has 0 aliphatic carbocycles. The lowest BCUT2D eigenvalue weighted by Gasteiger charge is -2.06. The Morgan fingerprint density at radius 1 is 1.04 bits per heavy atom. The zero-order chi connectivity index (χ0) is 18.8. The molecule has 0 spiro atoms. The first kappa shape index (κ1) is 17.7. The molecule has 27 heavy (non-hydrogen) atoms. The van der Waals surface area contributed by atoms with Crippen molar-refractivity contribution < 1.29 is 4.39 Å². The number of halogens is 2. The molecule has 0 radical (unpaired) electrons. The van der Waals surface area contributed by atoms with Crippen LogP contribution in [-0.4, -0.2) is 10.8 Å². The summed E-state index contributed by atoms with van der Waals surface area (Å²) in [5.74, 6) is -0.203. The molecular weight excluding hydrogens is 403 g/mol. The minimum absolute atomic E-state index is 0.203. The molecule has 0 saturated carbocycles. The number of aliphatic imine (C=N–C) groups is 1. The third-order valence-electron chi connectivity index (χ3n) is 4.54. The van der Waals surface area contributed by atoms with Crippen molar-refractivity contribution in [3.8, 4) is 0 Å². The van der Waals surface area contributed by atoms with Gasteiger partial charge in [-0.3, -0.25) is 4.99 Å². The second-order valence-corrected chi connectivity index (χ2v) is 7.44. The second kappa shape index (κ2) is 7.49. The fraction of sp³-hybridized carbons (Fsp3) is 0.0870. The number of aromatic nitrogens is 1. The lowest BCUT2D eigenvalue weighted by molar-refractivity contribution is 0.624. The van der Waals surface area contributed by atoms with E-state index in [1.807, 2.05) is 30.6 Å². The quantitative estimate of drug-likeness (QED) is 0.328. The average Bonchev–Trinajstić information content (AvgIpc) is 3.05. The van der Waals surface area contributed by atoms with Crippen LogP contribution in [0, 0.1) is 12.7 Å². The highest BCUT2D eigenvalue weighted by molar-refractivity contribution is 9.10. The normalized spacial score (nSPS) is 11.5. The summed E-state index contributed by atoms with van der Waals surface area (Å²) >= 11 is 3.51. The lowest BCUT2D eigenvalue weighted by Crippen LogP contribution is -1.98. The van der Waals surface area contributed by atoms with Crippen molar-refractivity contribution in [3.63, 3.8) is 0 Å². The standard InChI is InChI=1S/C23H18BrFN2/c1-16-11-21(6-7-22(16)24)26-14-17-5-8-23-19(12-17)9-10-27(23)15-18-3-2-4-20(25)13-18/h2-14H,15H2,1H3. The molecule has 2 nitrogen and oxygen atoms in total. The van der Waals surface area contributed by atoms with Gasteiger partial charge in [-0.05, 0) is 72.1 Å². The maximum absolute atomic E-state index is 13.4. The zero-order valence-electron chi connectivity index (χ0n) is 14.9. The molecule has 0 atom stereocenters. The number of hydrogen-bond donors (Lipinski definition) is 0. The predicted molar refractivity (Wildman–Crippen MR) is 114 cm³/mol. The molecule has 4 aromatic rings. The van der Waals surface area contributed by atoms with Crippen LogP contribution in [0.25, 0.3) is 10.9 Å². The first-order chi connectivity index (χ1) is 13.1. The molecule has 1 heterocycles. The Bertz CT molecular complexity index is 1140. The number of rotatable bonds is 4. The van der Waals surface area contributed by atoms with Crippen LogP contribution in [0.1, 0.15) is 16.7 Å². The van der Waals surface area contributed by atoms with Gasteiger partial charge in [0, 0.05) is 34.3 Å². The van der Waals surface area contributed by atoms with Crippen LogP contribution in [0.5, 0.6) is 0 Å². The Labute approximate surface area is 166 Å². The van der Waals surface area contributed by atoms with E-state index >= 15 is 0 Å². The third kappa shape index (κ3) is 4.01. The van der Waals surface area contributed by atoms with Crippen LogP contribution >= 0.6 is 15.9 Å². The molecule has 3 aromatic carbocycles. The SMILES string of the molecule is Cc1cc(N=Cc2ccc3c(ccn3Cc3cccc(F)c3)c2)ccc1Br. The summed E-state index contributed by atoms with van der Waals surface area (Å²) in [5, 5.41) is 1.14. The minimum atomic E-state index is -0.203. The average molecular weight is 421 g/mol. The van der Waals surface area contributed by atoms with Crippen molar-refractivity contribution in [2.75, 3.05) is 0 Å². The van der Waals surface area contributed by atoms with Gasteiger partial charge in [0.05, 0.1) is 5.69 Å². The number of benzene rings is 3. The Kier molecular flexibility index (Phi) is 4.90. The van der Waals surface area contributed by atoms with Crippen LogP contribution in [0.15, 0.2) is 82.4 Å². The van der Waals surface area contributed by atoms with E-state index in [0.717, 1.165) is 37.8 Å². The number of fused-ring (bicyclic) bond motifs is 1. The molecule has 1 aromatic heterocycles. The van der Waals surface area contributed by atoms with E-state index in [4.69, 9.17) is 0 Å². The summed E-state index contributed by atoms with van der Waals surface area (Å²) in [6, 6.07) is 21.1. The molecule has 0 aliphatic heterocycles. The van der Waals surface area contributed by atoms with Crippen molar-refractivity contribution in [3.05, 3.63) is 99.9 Å². The summed E-state index contributed by atoms with van der Waals surface area (Å²) in [6.45, 7) is 2.70. The van der Waals surface area contributed by atoms with Gasteiger partial charge in [-0.2, -0.15) is 0 Å². The summed E-state index contributed by atoms with van der Waals surface area (Å²) < 4.78 is 16.6. The summed E-state index contributed by atoms with van der Waals surface area (Å²) in [4.78, 5) is 4.58. The van der Waals surface area contributed by atoms with E-state index in [1.165, 1.54) is 6.07 Å². The topological polar surface area (TPSA) is 17.3 Å². The number of aryl methyl sites for hydroxylation is 1. The Morgan fingerprint density at radius 2 is 1.93 bits per heavy atom. The van der Waals surface area contributed by atoms with Crippen molar-refractivity contribution in [1.29, 1.82) is 0 Å². The van der Waals surface area contributed by atoms with Gasteiger partial charge in [0.1, 0.15) is 5.82 Å². The fourth-order valence-corrected chi connectivity index (χ4v) is 3.37. The monoisotopic (exact) mass is 420 g/mol. The van der Waals surface area contributed by atoms with Crippen molar-refractivity contribution in [2.24, 2.45) is 4.99 Å². The Balaban J connectivity index is 1.58. The van der Waals surface area contributed by atoms with Crippen molar-refractivity contribution in [2.45, 2.75) is 13.5 Å². The van der Waals surface area contributed by atoms with Gasteiger partial charge in [-0.1, -0.05) is 34.1 Å². The van der Waals surface area contributed by atoms with Gasteiger partial charge in [0.15, 0.2) is 0 Å². The second-order valence-electron chi connectivity index (χ2n) is 6.58. The van der Waals surface area contributed by atoms with Crippen LogP contribution in [0.2, 0.25) is 0 Å². The molecule has 0 unspecified atom stereocenters. The molecule has 4 rings (SSSR count). The van der Waals surface area contributed by atoms with Crippen LogP contribution in [0.3, 0.4) is 0 Å². The van der Waals surface area contributed by atoms with E-state index < -0.39 is 0 Å². The molecule has 4 heteroatoms. The third-order valence-corrected chi connectivity index (χ3v) is 5.43. The van der Waals surface area contributed by atoms with E-state index in [1.54, 1.807) is 12.1 Å². The maximum Gasteiger partial charge on any atom is 0.123 e. The molecule has 0 saturated heterocycles. The fourth-order valence-electron chi connectivity index (χ4n) is 3.13. The smallest absolute Gasteiger partial charge is 0.123 e. The molecule has 0 aliphatic rings. The molecular formula is C23H18BrFN2. The molecule has 0 fully saturated rings. The minimum Gasteiger partial charge on any atom is -0.343 e. The van der Waals surface area contributed by atoms with Crippen LogP contribution in [0.4, 0.5) is 10.1 Å². The summed E-state index contributed by atoms with van der Waals surface area (Å²) in [7, 11) is 0. The summed E-state index contributed by atoms with van der Waals surface area (Å²) in [6.07, 6.45) is 3.92. The van der Waals surface area contributed by atoms with Gasteiger partial charge in [0.2, 0.25) is 0 Å². The van der Waals surface area contributed by atoms with Crippen molar-refractivity contribution in [1.82, 2.24) is 4.57 Å². The molecule has 0 bridgehead atoms. The van der Waals surface area contributed by atoms with Crippen molar-refractivity contribution >= 4 is 38.7 Å². The highest BCUT2D eigenvalue weighted by atomic mass is 79.9. The molecule has 0 amide bonds. The summed E-state index contributed by atoms with van der Waals surface area (Å²) in [5.41, 5.74) is 5.21. The maximum atomic E-state index is 13.4. The first-order valence-corrected chi connectivity index (χ1v) is 9.51. The van der Waals surface area contributed by atoms with Gasteiger partial charge < -0.3 is 4.57 Å². The van der Waals surface area contributed by atoms with Gasteiger partial charge in [0.25, 0.3) is 0 Å². The molecule has 134 valence electrons. The number of nitrogens with zero attached hydrogens (tertiary/aromatic N) is 2. The van der Waals surface area contributed by atoms with E-state index in [2.05, 4.69) is 62.7 Å². The highest BCUT2D eigenvalue weighted by Crippen LogP contribution is 2.23. The van der Waals surface area contributed by atoms with Gasteiger partial charge in [-0.15, -0.1) is 0 Å². The van der Waals surface area contributed by atoms with Gasteiger partial charge >= 0.3 is 0 Å². The number of hydrogen-bond acceptors (Lipinski definition) is 1.